The predicted octanol–water partition coefficient (Wildman–Crippen LogP) is 4.79. The Kier molecular flexibility index (Phi) is 6.21. The van der Waals surface area contributed by atoms with E-state index in [4.69, 9.17) is 11.6 Å². The van der Waals surface area contributed by atoms with Gasteiger partial charge in [-0.25, -0.2) is 8.42 Å². The van der Waals surface area contributed by atoms with Crippen LogP contribution in [0.3, 0.4) is 0 Å². The predicted molar refractivity (Wildman–Crippen MR) is 103 cm³/mol. The number of amides is 1. The van der Waals surface area contributed by atoms with E-state index in [9.17, 15) is 26.4 Å². The van der Waals surface area contributed by atoms with Crippen LogP contribution in [0.4, 0.5) is 18.9 Å². The van der Waals surface area contributed by atoms with E-state index in [0.29, 0.717) is 13.1 Å². The smallest absolute Gasteiger partial charge is 0.322 e. The van der Waals surface area contributed by atoms with Crippen LogP contribution in [0.5, 0.6) is 0 Å². The molecule has 10 heteroatoms. The fraction of sp³-hybridized carbons (Fsp3) is 0.316. The van der Waals surface area contributed by atoms with Crippen molar-refractivity contribution in [2.75, 3.05) is 18.4 Å². The molecule has 2 aromatic rings. The normalized spacial score (nSPS) is 15.9. The van der Waals surface area contributed by atoms with Crippen molar-refractivity contribution in [1.82, 2.24) is 4.31 Å². The average molecular weight is 447 g/mol. The fourth-order valence-electron chi connectivity index (χ4n) is 3.03. The van der Waals surface area contributed by atoms with Crippen molar-refractivity contribution in [3.8, 4) is 0 Å². The van der Waals surface area contributed by atoms with Crippen LogP contribution in [0, 0.1) is 0 Å². The lowest BCUT2D eigenvalue weighted by molar-refractivity contribution is -0.137. The Hall–Kier alpha value is -2.10. The second-order valence-electron chi connectivity index (χ2n) is 6.64. The highest BCUT2D eigenvalue weighted by Crippen LogP contribution is 2.30. The minimum atomic E-state index is -4.48. The summed E-state index contributed by atoms with van der Waals surface area (Å²) in [5.74, 6) is -0.717. The van der Waals surface area contributed by atoms with E-state index < -0.39 is 27.7 Å². The zero-order valence-corrected chi connectivity index (χ0v) is 16.7. The molecule has 1 heterocycles. The highest BCUT2D eigenvalue weighted by molar-refractivity contribution is 7.89. The minimum Gasteiger partial charge on any atom is -0.322 e. The summed E-state index contributed by atoms with van der Waals surface area (Å²) in [6.45, 7) is 0.829. The van der Waals surface area contributed by atoms with Crippen molar-refractivity contribution in [1.29, 1.82) is 0 Å². The van der Waals surface area contributed by atoms with Crippen LogP contribution in [0.2, 0.25) is 5.02 Å². The Balaban J connectivity index is 1.83. The third-order valence-corrected chi connectivity index (χ3v) is 6.83. The largest absolute Gasteiger partial charge is 0.416 e. The molecule has 1 aliphatic rings. The summed E-state index contributed by atoms with van der Waals surface area (Å²) >= 11 is 6.06. The van der Waals surface area contributed by atoms with Crippen molar-refractivity contribution in [2.45, 2.75) is 30.3 Å². The lowest BCUT2D eigenvalue weighted by Gasteiger charge is -2.26. The molecule has 2 aromatic carbocycles. The fourth-order valence-corrected chi connectivity index (χ4v) is 4.78. The van der Waals surface area contributed by atoms with Gasteiger partial charge in [0, 0.05) is 18.8 Å². The number of carbonyl (C=O) groups is 1. The van der Waals surface area contributed by atoms with Crippen molar-refractivity contribution in [3.05, 3.63) is 58.6 Å². The Morgan fingerprint density at radius 2 is 1.62 bits per heavy atom. The number of sulfonamides is 1. The van der Waals surface area contributed by atoms with E-state index in [-0.39, 0.29) is 21.2 Å². The zero-order chi connectivity index (χ0) is 21.2. The molecule has 0 unspecified atom stereocenters. The Labute approximate surface area is 171 Å². The minimum absolute atomic E-state index is 0.0343. The van der Waals surface area contributed by atoms with Crippen LogP contribution in [0.25, 0.3) is 0 Å². The second-order valence-corrected chi connectivity index (χ2v) is 8.98. The summed E-state index contributed by atoms with van der Waals surface area (Å²) < 4.78 is 64.9. The van der Waals surface area contributed by atoms with Gasteiger partial charge in [0.05, 0.1) is 21.0 Å². The van der Waals surface area contributed by atoms with Gasteiger partial charge in [0.2, 0.25) is 10.0 Å². The third kappa shape index (κ3) is 4.91. The number of piperidine rings is 1. The molecule has 1 fully saturated rings. The van der Waals surface area contributed by atoms with Crippen LogP contribution in [0.1, 0.15) is 35.2 Å². The number of benzene rings is 2. The maximum atomic E-state index is 12.8. The van der Waals surface area contributed by atoms with Crippen molar-refractivity contribution in [3.63, 3.8) is 0 Å². The molecule has 0 bridgehead atoms. The number of carbonyl (C=O) groups excluding carboxylic acids is 1. The van der Waals surface area contributed by atoms with E-state index in [1.54, 1.807) is 0 Å². The lowest BCUT2D eigenvalue weighted by atomic mass is 10.1. The van der Waals surface area contributed by atoms with E-state index >= 15 is 0 Å². The van der Waals surface area contributed by atoms with Gasteiger partial charge < -0.3 is 5.32 Å². The first-order valence-corrected chi connectivity index (χ1v) is 10.7. The average Bonchev–Trinajstić information content (AvgIpc) is 2.68. The summed E-state index contributed by atoms with van der Waals surface area (Å²) in [5, 5.41) is 2.47. The van der Waals surface area contributed by atoms with Gasteiger partial charge in [-0.3, -0.25) is 4.79 Å². The van der Waals surface area contributed by atoms with E-state index in [0.717, 1.165) is 43.5 Å². The molecule has 0 spiro atoms. The van der Waals surface area contributed by atoms with Crippen LogP contribution < -0.4 is 5.32 Å². The van der Waals surface area contributed by atoms with E-state index in [2.05, 4.69) is 5.32 Å². The molecule has 0 aromatic heterocycles. The molecule has 1 amide bonds. The quantitative estimate of drug-likeness (QED) is 0.734. The van der Waals surface area contributed by atoms with Crippen molar-refractivity contribution < 1.29 is 26.4 Å². The van der Waals surface area contributed by atoms with Crippen LogP contribution >= 0.6 is 11.6 Å². The lowest BCUT2D eigenvalue weighted by Crippen LogP contribution is -2.35. The summed E-state index contributed by atoms with van der Waals surface area (Å²) in [4.78, 5) is 12.5. The molecule has 1 N–H and O–H groups in total. The molecular formula is C19H18ClF3N2O3S. The maximum Gasteiger partial charge on any atom is 0.416 e. The first-order valence-electron chi connectivity index (χ1n) is 8.87. The zero-order valence-electron chi connectivity index (χ0n) is 15.2. The number of nitrogens with one attached hydrogen (secondary N) is 1. The highest BCUT2D eigenvalue weighted by atomic mass is 35.5. The topological polar surface area (TPSA) is 66.5 Å². The summed E-state index contributed by atoms with van der Waals surface area (Å²) in [7, 11) is -3.76. The molecule has 3 rings (SSSR count). The van der Waals surface area contributed by atoms with Gasteiger partial charge in [-0.05, 0) is 55.3 Å². The van der Waals surface area contributed by atoms with Crippen LogP contribution in [0.15, 0.2) is 47.4 Å². The molecule has 156 valence electrons. The number of halogens is 4. The number of nitrogens with zero attached hydrogens (tertiary/aromatic N) is 1. The van der Waals surface area contributed by atoms with Gasteiger partial charge >= 0.3 is 6.18 Å². The molecule has 0 radical (unpaired) electrons. The number of hydrogen-bond donors (Lipinski definition) is 1. The van der Waals surface area contributed by atoms with Crippen LogP contribution in [-0.2, 0) is 16.2 Å². The van der Waals surface area contributed by atoms with Crippen LogP contribution in [-0.4, -0.2) is 31.7 Å². The Bertz CT molecular complexity index is 1000. The second kappa shape index (κ2) is 8.33. The van der Waals surface area contributed by atoms with Gasteiger partial charge in [-0.15, -0.1) is 0 Å². The van der Waals surface area contributed by atoms with E-state index in [1.165, 1.54) is 22.5 Å². The number of alkyl halides is 3. The van der Waals surface area contributed by atoms with Gasteiger partial charge in [0.25, 0.3) is 5.91 Å². The summed E-state index contributed by atoms with van der Waals surface area (Å²) in [6.07, 6.45) is -1.97. The standard InChI is InChI=1S/C19H18ClF3N2O3S/c20-17-9-8-15(29(27,28)25-10-2-1-3-11-25)12-16(17)18(26)24-14-6-4-13(5-7-14)19(21,22)23/h4-9,12H,1-3,10-11H2,(H,24,26). The maximum absolute atomic E-state index is 12.8. The number of rotatable bonds is 4. The first-order chi connectivity index (χ1) is 13.6. The molecular weight excluding hydrogens is 429 g/mol. The molecule has 1 aliphatic heterocycles. The number of anilines is 1. The SMILES string of the molecule is O=C(Nc1ccc(C(F)(F)F)cc1)c1cc(S(=O)(=O)N2CCCCC2)ccc1Cl. The molecule has 5 nitrogen and oxygen atoms in total. The van der Waals surface area contributed by atoms with Gasteiger partial charge in [0.15, 0.2) is 0 Å². The first kappa shape index (κ1) is 21.6. The highest BCUT2D eigenvalue weighted by Gasteiger charge is 2.30. The van der Waals surface area contributed by atoms with Gasteiger partial charge in [0.1, 0.15) is 0 Å². The summed E-state index contributed by atoms with van der Waals surface area (Å²) in [6, 6.07) is 7.75. The van der Waals surface area contributed by atoms with Gasteiger partial charge in [-0.1, -0.05) is 18.0 Å². The molecule has 0 saturated carbocycles. The molecule has 29 heavy (non-hydrogen) atoms. The van der Waals surface area contributed by atoms with Gasteiger partial charge in [-0.2, -0.15) is 17.5 Å². The van der Waals surface area contributed by atoms with Crippen molar-refractivity contribution in [2.24, 2.45) is 0 Å². The van der Waals surface area contributed by atoms with E-state index in [1.807, 2.05) is 0 Å². The van der Waals surface area contributed by atoms with Crippen molar-refractivity contribution >= 4 is 33.2 Å². The number of hydrogen-bond acceptors (Lipinski definition) is 3. The monoisotopic (exact) mass is 446 g/mol. The molecule has 0 aliphatic carbocycles. The summed E-state index contributed by atoms with van der Waals surface area (Å²) in [5.41, 5.74) is -0.795. The molecule has 1 saturated heterocycles. The third-order valence-electron chi connectivity index (χ3n) is 4.61. The Morgan fingerprint density at radius 1 is 1.00 bits per heavy atom. The molecule has 0 atom stereocenters. The Morgan fingerprint density at radius 3 is 2.21 bits per heavy atom.